The highest BCUT2D eigenvalue weighted by Gasteiger charge is 2.19. The number of carboxylic acid groups (broad SMARTS) is 1. The summed E-state index contributed by atoms with van der Waals surface area (Å²) in [5.74, 6) is -2.40. The SMILES string of the molecule is Cc1cc(C(C)CC(=O)O)cc(F)c1C(F)F. The molecule has 1 atom stereocenters. The minimum Gasteiger partial charge on any atom is -0.481 e. The molecule has 1 rings (SSSR count). The predicted molar refractivity (Wildman–Crippen MR) is 56.8 cm³/mol. The van der Waals surface area contributed by atoms with Crippen LogP contribution in [0.5, 0.6) is 0 Å². The van der Waals surface area contributed by atoms with E-state index in [0.29, 0.717) is 5.56 Å². The van der Waals surface area contributed by atoms with Crippen molar-refractivity contribution < 1.29 is 23.1 Å². The molecule has 0 aliphatic carbocycles. The third-order valence-electron chi connectivity index (χ3n) is 2.63. The highest BCUT2D eigenvalue weighted by molar-refractivity contribution is 5.68. The number of alkyl halides is 2. The van der Waals surface area contributed by atoms with E-state index in [1.54, 1.807) is 6.92 Å². The number of benzene rings is 1. The van der Waals surface area contributed by atoms with Crippen LogP contribution in [0.15, 0.2) is 12.1 Å². The maximum absolute atomic E-state index is 13.4. The Morgan fingerprint density at radius 2 is 2.00 bits per heavy atom. The first-order chi connectivity index (χ1) is 7.82. The minimum atomic E-state index is -2.86. The first-order valence-electron chi connectivity index (χ1n) is 5.12. The monoisotopic (exact) mass is 246 g/mol. The van der Waals surface area contributed by atoms with E-state index < -0.39 is 29.7 Å². The quantitative estimate of drug-likeness (QED) is 0.880. The molecule has 0 aliphatic rings. The van der Waals surface area contributed by atoms with Crippen molar-refractivity contribution in [3.63, 3.8) is 0 Å². The molecule has 0 spiro atoms. The standard InChI is InChI=1S/C12H13F3O2/c1-6(4-10(16)17)8-3-7(2)11(12(14)15)9(13)5-8/h3,5-6,12H,4H2,1-2H3,(H,16,17). The molecule has 0 fully saturated rings. The second-order valence-electron chi connectivity index (χ2n) is 4.03. The predicted octanol–water partition coefficient (Wildman–Crippen LogP) is 3.65. The number of aryl methyl sites for hydroxylation is 1. The molecule has 0 heterocycles. The largest absolute Gasteiger partial charge is 0.481 e. The fraction of sp³-hybridized carbons (Fsp3) is 0.417. The van der Waals surface area contributed by atoms with E-state index in [2.05, 4.69) is 0 Å². The van der Waals surface area contributed by atoms with Crippen LogP contribution in [0.4, 0.5) is 13.2 Å². The van der Waals surface area contributed by atoms with Crippen molar-refractivity contribution in [1.82, 2.24) is 0 Å². The van der Waals surface area contributed by atoms with Crippen molar-refractivity contribution in [2.45, 2.75) is 32.6 Å². The molecule has 1 aromatic rings. The van der Waals surface area contributed by atoms with Crippen LogP contribution in [0.3, 0.4) is 0 Å². The van der Waals surface area contributed by atoms with Gasteiger partial charge in [0.15, 0.2) is 0 Å². The van der Waals surface area contributed by atoms with Gasteiger partial charge in [-0.15, -0.1) is 0 Å². The normalized spacial score (nSPS) is 12.8. The zero-order chi connectivity index (χ0) is 13.2. The van der Waals surface area contributed by atoms with E-state index in [-0.39, 0.29) is 12.0 Å². The zero-order valence-corrected chi connectivity index (χ0v) is 9.51. The summed E-state index contributed by atoms with van der Waals surface area (Å²) in [5, 5.41) is 8.61. The van der Waals surface area contributed by atoms with Gasteiger partial charge < -0.3 is 5.11 Å². The Labute approximate surface area is 97.1 Å². The average Bonchev–Trinajstić information content (AvgIpc) is 2.14. The maximum Gasteiger partial charge on any atom is 0.303 e. The van der Waals surface area contributed by atoms with Crippen LogP contribution in [-0.2, 0) is 4.79 Å². The number of aliphatic carboxylic acids is 1. The van der Waals surface area contributed by atoms with Crippen LogP contribution in [-0.4, -0.2) is 11.1 Å². The molecular weight excluding hydrogens is 233 g/mol. The molecule has 2 nitrogen and oxygen atoms in total. The van der Waals surface area contributed by atoms with Crippen molar-refractivity contribution in [3.05, 3.63) is 34.6 Å². The summed E-state index contributed by atoms with van der Waals surface area (Å²) in [4.78, 5) is 10.5. The summed E-state index contributed by atoms with van der Waals surface area (Å²) in [5.41, 5.74) is -0.0460. The molecule has 0 radical (unpaired) electrons. The topological polar surface area (TPSA) is 37.3 Å². The van der Waals surface area contributed by atoms with Crippen molar-refractivity contribution in [2.75, 3.05) is 0 Å². The summed E-state index contributed by atoms with van der Waals surface area (Å²) >= 11 is 0. The maximum atomic E-state index is 13.4. The second kappa shape index (κ2) is 5.21. The molecule has 0 saturated heterocycles. The van der Waals surface area contributed by atoms with Crippen LogP contribution in [0, 0.1) is 12.7 Å². The van der Waals surface area contributed by atoms with Gasteiger partial charge in [0.2, 0.25) is 0 Å². The minimum absolute atomic E-state index is 0.146. The number of hydrogen-bond acceptors (Lipinski definition) is 1. The number of carboxylic acids is 1. The third kappa shape index (κ3) is 3.22. The summed E-state index contributed by atoms with van der Waals surface area (Å²) in [6, 6.07) is 2.40. The van der Waals surface area contributed by atoms with Gasteiger partial charge in [0.05, 0.1) is 12.0 Å². The number of rotatable bonds is 4. The molecule has 1 unspecified atom stereocenters. The summed E-state index contributed by atoms with van der Waals surface area (Å²) in [6.45, 7) is 3.01. The van der Waals surface area contributed by atoms with E-state index >= 15 is 0 Å². The summed E-state index contributed by atoms with van der Waals surface area (Å²) < 4.78 is 38.4. The highest BCUT2D eigenvalue weighted by atomic mass is 19.3. The number of carbonyl (C=O) groups is 1. The van der Waals surface area contributed by atoms with Gasteiger partial charge in [0.1, 0.15) is 5.82 Å². The van der Waals surface area contributed by atoms with E-state index in [9.17, 15) is 18.0 Å². The Hall–Kier alpha value is -1.52. The van der Waals surface area contributed by atoms with Gasteiger partial charge in [-0.2, -0.15) is 0 Å². The van der Waals surface area contributed by atoms with E-state index in [0.717, 1.165) is 6.07 Å². The van der Waals surface area contributed by atoms with Crippen LogP contribution < -0.4 is 0 Å². The van der Waals surface area contributed by atoms with Crippen LogP contribution in [0.25, 0.3) is 0 Å². The lowest BCUT2D eigenvalue weighted by atomic mass is 9.94. The molecule has 0 aliphatic heterocycles. The number of halogens is 3. The Balaban J connectivity index is 3.09. The molecule has 17 heavy (non-hydrogen) atoms. The third-order valence-corrected chi connectivity index (χ3v) is 2.63. The summed E-state index contributed by atoms with van der Waals surface area (Å²) in [6.07, 6.45) is -3.02. The van der Waals surface area contributed by atoms with E-state index in [1.165, 1.54) is 13.0 Å². The smallest absolute Gasteiger partial charge is 0.303 e. The summed E-state index contributed by atoms with van der Waals surface area (Å²) in [7, 11) is 0. The Bertz CT molecular complexity index is 407. The molecule has 94 valence electrons. The van der Waals surface area contributed by atoms with Crippen molar-refractivity contribution in [3.8, 4) is 0 Å². The molecule has 0 bridgehead atoms. The van der Waals surface area contributed by atoms with Gasteiger partial charge in [-0.3, -0.25) is 4.79 Å². The van der Waals surface area contributed by atoms with Crippen LogP contribution in [0.1, 0.15) is 42.4 Å². The molecule has 1 N–H and O–H groups in total. The zero-order valence-electron chi connectivity index (χ0n) is 9.51. The van der Waals surface area contributed by atoms with Gasteiger partial charge >= 0.3 is 5.97 Å². The Morgan fingerprint density at radius 3 is 2.41 bits per heavy atom. The molecule has 0 amide bonds. The lowest BCUT2D eigenvalue weighted by Gasteiger charge is -2.13. The lowest BCUT2D eigenvalue weighted by Crippen LogP contribution is -2.05. The fourth-order valence-electron chi connectivity index (χ4n) is 1.72. The molecule has 5 heteroatoms. The van der Waals surface area contributed by atoms with Crippen molar-refractivity contribution in [2.24, 2.45) is 0 Å². The van der Waals surface area contributed by atoms with Gasteiger partial charge in [-0.05, 0) is 30.0 Å². The van der Waals surface area contributed by atoms with E-state index in [1.807, 2.05) is 0 Å². The number of hydrogen-bond donors (Lipinski definition) is 1. The lowest BCUT2D eigenvalue weighted by molar-refractivity contribution is -0.137. The molecule has 0 aromatic heterocycles. The Kier molecular flexibility index (Phi) is 4.15. The second-order valence-corrected chi connectivity index (χ2v) is 4.03. The van der Waals surface area contributed by atoms with Gasteiger partial charge in [-0.25, -0.2) is 13.2 Å². The average molecular weight is 246 g/mol. The Morgan fingerprint density at radius 1 is 1.41 bits per heavy atom. The molecule has 0 saturated carbocycles. The van der Waals surface area contributed by atoms with Crippen LogP contribution >= 0.6 is 0 Å². The van der Waals surface area contributed by atoms with Gasteiger partial charge in [-0.1, -0.05) is 13.0 Å². The van der Waals surface area contributed by atoms with Crippen LogP contribution in [0.2, 0.25) is 0 Å². The van der Waals surface area contributed by atoms with E-state index in [4.69, 9.17) is 5.11 Å². The first kappa shape index (κ1) is 13.5. The van der Waals surface area contributed by atoms with Crippen molar-refractivity contribution >= 4 is 5.97 Å². The molecule has 1 aromatic carbocycles. The van der Waals surface area contributed by atoms with Crippen molar-refractivity contribution in [1.29, 1.82) is 0 Å². The molecular formula is C12H13F3O2. The fourth-order valence-corrected chi connectivity index (χ4v) is 1.72. The van der Waals surface area contributed by atoms with Gasteiger partial charge in [0, 0.05) is 0 Å². The highest BCUT2D eigenvalue weighted by Crippen LogP contribution is 2.30. The first-order valence-corrected chi connectivity index (χ1v) is 5.12. The van der Waals surface area contributed by atoms with Gasteiger partial charge in [0.25, 0.3) is 6.43 Å².